The molecule has 1 unspecified atom stereocenters. The quantitative estimate of drug-likeness (QED) is 0.747. The zero-order valence-corrected chi connectivity index (χ0v) is 9.16. The van der Waals surface area contributed by atoms with Gasteiger partial charge in [-0.2, -0.15) is 0 Å². The molecular weight excluding hydrogens is 224 g/mol. The van der Waals surface area contributed by atoms with E-state index in [4.69, 9.17) is 9.84 Å². The molecule has 5 nitrogen and oxygen atoms in total. The molecule has 0 bridgehead atoms. The lowest BCUT2D eigenvalue weighted by molar-refractivity contribution is -0.196. The van der Waals surface area contributed by atoms with Crippen molar-refractivity contribution in [1.82, 2.24) is 4.90 Å². The molecule has 1 aliphatic heterocycles. The topological polar surface area (TPSA) is 66.8 Å². The highest BCUT2D eigenvalue weighted by Crippen LogP contribution is 2.35. The van der Waals surface area contributed by atoms with Crippen LogP contribution in [0.4, 0.5) is 13.6 Å². The van der Waals surface area contributed by atoms with Crippen LogP contribution in [-0.2, 0) is 9.53 Å². The Morgan fingerprint density at radius 1 is 1.44 bits per heavy atom. The van der Waals surface area contributed by atoms with E-state index in [0.717, 1.165) is 0 Å². The minimum absolute atomic E-state index is 0.508. The van der Waals surface area contributed by atoms with Gasteiger partial charge < -0.3 is 9.84 Å². The van der Waals surface area contributed by atoms with Crippen molar-refractivity contribution >= 4 is 12.1 Å². The van der Waals surface area contributed by atoms with Gasteiger partial charge in [0.15, 0.2) is 6.04 Å². The second-order valence-electron chi connectivity index (χ2n) is 4.61. The fourth-order valence-electron chi connectivity index (χ4n) is 1.32. The van der Waals surface area contributed by atoms with Gasteiger partial charge >= 0.3 is 12.1 Å². The first-order valence-electron chi connectivity index (χ1n) is 4.65. The van der Waals surface area contributed by atoms with Crippen LogP contribution in [0.1, 0.15) is 20.8 Å². The van der Waals surface area contributed by atoms with Gasteiger partial charge in [0.25, 0.3) is 5.92 Å². The SMILES string of the molecule is CC(C)(C)OC(=O)N1CC(F)(F)C1C(=O)O. The summed E-state index contributed by atoms with van der Waals surface area (Å²) in [5.41, 5.74) is -0.842. The Hall–Kier alpha value is -1.40. The zero-order valence-electron chi connectivity index (χ0n) is 9.16. The van der Waals surface area contributed by atoms with Gasteiger partial charge in [-0.3, -0.25) is 4.90 Å². The third-order valence-electron chi connectivity index (χ3n) is 1.95. The Morgan fingerprint density at radius 3 is 2.25 bits per heavy atom. The maximum Gasteiger partial charge on any atom is 0.411 e. The number of aliphatic carboxylic acids is 1. The summed E-state index contributed by atoms with van der Waals surface area (Å²) in [5.74, 6) is -5.12. The highest BCUT2D eigenvalue weighted by atomic mass is 19.3. The summed E-state index contributed by atoms with van der Waals surface area (Å²) in [6.07, 6.45) is -1.04. The molecule has 1 N–H and O–H groups in total. The Labute approximate surface area is 91.0 Å². The number of amides is 1. The number of hydrogen-bond donors (Lipinski definition) is 1. The molecule has 1 atom stereocenters. The first kappa shape index (κ1) is 12.7. The van der Waals surface area contributed by atoms with E-state index >= 15 is 0 Å². The van der Waals surface area contributed by atoms with Crippen molar-refractivity contribution in [3.63, 3.8) is 0 Å². The van der Waals surface area contributed by atoms with Gasteiger partial charge in [0, 0.05) is 0 Å². The highest BCUT2D eigenvalue weighted by Gasteiger charge is 2.62. The van der Waals surface area contributed by atoms with Gasteiger partial charge in [-0.05, 0) is 20.8 Å². The van der Waals surface area contributed by atoms with Gasteiger partial charge in [-0.1, -0.05) is 0 Å². The van der Waals surface area contributed by atoms with Crippen LogP contribution in [0.3, 0.4) is 0 Å². The van der Waals surface area contributed by atoms with Gasteiger partial charge in [0.2, 0.25) is 0 Å². The molecule has 0 aliphatic carbocycles. The number of carbonyl (C=O) groups is 2. The summed E-state index contributed by atoms with van der Waals surface area (Å²) in [6.45, 7) is 3.79. The van der Waals surface area contributed by atoms with Crippen molar-refractivity contribution in [2.75, 3.05) is 6.54 Å². The van der Waals surface area contributed by atoms with E-state index in [1.807, 2.05) is 0 Å². The average molecular weight is 237 g/mol. The van der Waals surface area contributed by atoms with Crippen molar-refractivity contribution in [2.45, 2.75) is 38.3 Å². The van der Waals surface area contributed by atoms with E-state index in [-0.39, 0.29) is 0 Å². The Kier molecular flexibility index (Phi) is 2.82. The van der Waals surface area contributed by atoms with Crippen LogP contribution in [0.15, 0.2) is 0 Å². The third kappa shape index (κ3) is 2.40. The molecule has 0 spiro atoms. The van der Waals surface area contributed by atoms with E-state index in [0.29, 0.717) is 4.90 Å². The molecule has 92 valence electrons. The Morgan fingerprint density at radius 2 is 1.94 bits per heavy atom. The van der Waals surface area contributed by atoms with Crippen LogP contribution in [-0.4, -0.2) is 46.2 Å². The van der Waals surface area contributed by atoms with Gasteiger partial charge in [-0.25, -0.2) is 18.4 Å². The molecule has 0 radical (unpaired) electrons. The summed E-state index contributed by atoms with van der Waals surface area (Å²) in [6, 6.07) is -2.12. The normalized spacial score (nSPS) is 23.6. The Bertz CT molecular complexity index is 324. The van der Waals surface area contributed by atoms with Crippen LogP contribution in [0.25, 0.3) is 0 Å². The number of carboxylic acids is 1. The fraction of sp³-hybridized carbons (Fsp3) is 0.778. The molecule has 7 heteroatoms. The molecule has 1 amide bonds. The molecular formula is C9H13F2NO4. The third-order valence-corrected chi connectivity index (χ3v) is 1.95. The van der Waals surface area contributed by atoms with E-state index in [2.05, 4.69) is 0 Å². The van der Waals surface area contributed by atoms with Crippen LogP contribution in [0.2, 0.25) is 0 Å². The lowest BCUT2D eigenvalue weighted by Crippen LogP contribution is -2.70. The van der Waals surface area contributed by atoms with Crippen molar-refractivity contribution < 1.29 is 28.2 Å². The van der Waals surface area contributed by atoms with Crippen LogP contribution < -0.4 is 0 Å². The van der Waals surface area contributed by atoms with Crippen molar-refractivity contribution in [3.8, 4) is 0 Å². The van der Waals surface area contributed by atoms with Gasteiger partial charge in [0.05, 0.1) is 6.54 Å². The maximum absolute atomic E-state index is 12.9. The molecule has 0 saturated carbocycles. The maximum atomic E-state index is 12.9. The lowest BCUT2D eigenvalue weighted by Gasteiger charge is -2.44. The largest absolute Gasteiger partial charge is 0.480 e. The molecule has 16 heavy (non-hydrogen) atoms. The summed E-state index contributed by atoms with van der Waals surface area (Å²) < 4.78 is 30.5. The van der Waals surface area contributed by atoms with Gasteiger partial charge in [-0.15, -0.1) is 0 Å². The minimum Gasteiger partial charge on any atom is -0.480 e. The Balaban J connectivity index is 2.70. The second-order valence-corrected chi connectivity index (χ2v) is 4.61. The standard InChI is InChI=1S/C9H13F2NO4/c1-8(2,3)16-7(15)12-4-9(10,11)5(12)6(13)14/h5H,4H2,1-3H3,(H,13,14). The number of alkyl halides is 2. The smallest absolute Gasteiger partial charge is 0.411 e. The van der Waals surface area contributed by atoms with Crippen molar-refractivity contribution in [3.05, 3.63) is 0 Å². The summed E-state index contributed by atoms with van der Waals surface area (Å²) in [4.78, 5) is 22.4. The molecule has 1 aliphatic rings. The van der Waals surface area contributed by atoms with E-state index in [1.165, 1.54) is 0 Å². The molecule has 1 heterocycles. The second kappa shape index (κ2) is 3.57. The monoisotopic (exact) mass is 237 g/mol. The number of carboxylic acid groups (broad SMARTS) is 1. The van der Waals surface area contributed by atoms with Crippen LogP contribution in [0, 0.1) is 0 Å². The molecule has 1 fully saturated rings. The van der Waals surface area contributed by atoms with E-state index in [1.54, 1.807) is 20.8 Å². The predicted octanol–water partition coefficient (Wildman–Crippen LogP) is 1.33. The van der Waals surface area contributed by atoms with Crippen molar-refractivity contribution in [1.29, 1.82) is 0 Å². The lowest BCUT2D eigenvalue weighted by atomic mass is 9.99. The predicted molar refractivity (Wildman–Crippen MR) is 49.3 cm³/mol. The fourth-order valence-corrected chi connectivity index (χ4v) is 1.32. The molecule has 0 aromatic carbocycles. The number of carbonyl (C=O) groups excluding carboxylic acids is 1. The summed E-state index contributed by atoms with van der Waals surface area (Å²) in [5, 5.41) is 8.56. The molecule has 1 rings (SSSR count). The average Bonchev–Trinajstić information content (AvgIpc) is 1.95. The first-order valence-corrected chi connectivity index (χ1v) is 4.65. The molecule has 0 aromatic rings. The highest BCUT2D eigenvalue weighted by molar-refractivity contribution is 5.83. The summed E-state index contributed by atoms with van der Waals surface area (Å²) in [7, 11) is 0. The number of ether oxygens (including phenoxy) is 1. The number of halogens is 2. The van der Waals surface area contributed by atoms with Crippen LogP contribution >= 0.6 is 0 Å². The first-order chi connectivity index (χ1) is 7.04. The van der Waals surface area contributed by atoms with Crippen molar-refractivity contribution in [2.24, 2.45) is 0 Å². The summed E-state index contributed by atoms with van der Waals surface area (Å²) >= 11 is 0. The number of nitrogens with zero attached hydrogens (tertiary/aromatic N) is 1. The number of hydrogen-bond acceptors (Lipinski definition) is 3. The zero-order chi connectivity index (χ0) is 12.7. The molecule has 1 saturated heterocycles. The number of likely N-dealkylation sites (tertiary alicyclic amines) is 1. The minimum atomic E-state index is -3.39. The van der Waals surface area contributed by atoms with E-state index < -0.39 is 36.2 Å². The van der Waals surface area contributed by atoms with Crippen LogP contribution in [0.5, 0.6) is 0 Å². The van der Waals surface area contributed by atoms with E-state index in [9.17, 15) is 18.4 Å². The number of rotatable bonds is 1. The molecule has 0 aromatic heterocycles. The van der Waals surface area contributed by atoms with Gasteiger partial charge in [0.1, 0.15) is 5.60 Å².